The van der Waals surface area contributed by atoms with E-state index in [0.717, 1.165) is 29.5 Å². The molecule has 1 aliphatic carbocycles. The van der Waals surface area contributed by atoms with Gasteiger partial charge in [0.25, 0.3) is 0 Å². The average Bonchev–Trinajstić information content (AvgIpc) is 3.14. The highest BCUT2D eigenvalue weighted by atomic mass is 16.7. The lowest BCUT2D eigenvalue weighted by molar-refractivity contribution is -0.139. The molecule has 1 aliphatic heterocycles. The number of aliphatic carboxylic acids is 1. The molecule has 0 saturated carbocycles. The van der Waals surface area contributed by atoms with E-state index in [2.05, 4.69) is 5.32 Å². The van der Waals surface area contributed by atoms with Crippen LogP contribution in [0.4, 0.5) is 4.79 Å². The van der Waals surface area contributed by atoms with E-state index in [1.807, 2.05) is 24.3 Å². The van der Waals surface area contributed by atoms with E-state index in [0.29, 0.717) is 17.9 Å². The number of carbonyl (C=O) groups is 2. The first kappa shape index (κ1) is 18.1. The molecule has 0 spiro atoms. The van der Waals surface area contributed by atoms with E-state index in [1.165, 1.54) is 17.2 Å². The van der Waals surface area contributed by atoms with Gasteiger partial charge in [0.2, 0.25) is 0 Å². The Kier molecular flexibility index (Phi) is 4.75. The van der Waals surface area contributed by atoms with Crippen LogP contribution < -0.4 is 5.32 Å². The van der Waals surface area contributed by atoms with Crippen molar-refractivity contribution in [1.82, 2.24) is 10.4 Å². The van der Waals surface area contributed by atoms with Crippen molar-refractivity contribution in [2.45, 2.75) is 25.3 Å². The van der Waals surface area contributed by atoms with Crippen LogP contribution in [-0.2, 0) is 22.5 Å². The summed E-state index contributed by atoms with van der Waals surface area (Å²) in [5.41, 5.74) is 4.54. The number of nitrogens with one attached hydrogen (secondary N) is 1. The lowest BCUT2D eigenvalue weighted by atomic mass is 9.90. The van der Waals surface area contributed by atoms with Crippen molar-refractivity contribution < 1.29 is 24.6 Å². The highest BCUT2D eigenvalue weighted by Crippen LogP contribution is 2.38. The molecule has 0 unspecified atom stereocenters. The first-order chi connectivity index (χ1) is 13.5. The Morgan fingerprint density at radius 2 is 1.86 bits per heavy atom. The van der Waals surface area contributed by atoms with Gasteiger partial charge in [-0.15, -0.1) is 0 Å². The van der Waals surface area contributed by atoms with Crippen LogP contribution in [0.1, 0.15) is 23.1 Å². The predicted octanol–water partition coefficient (Wildman–Crippen LogP) is 2.70. The fraction of sp³-hybridized carbons (Fsp3) is 0.238. The summed E-state index contributed by atoms with van der Waals surface area (Å²) < 4.78 is 0. The zero-order valence-corrected chi connectivity index (χ0v) is 15.1. The molecule has 2 aromatic rings. The van der Waals surface area contributed by atoms with Crippen molar-refractivity contribution >= 4 is 17.7 Å². The lowest BCUT2D eigenvalue weighted by Crippen LogP contribution is -2.47. The molecule has 0 fully saturated rings. The summed E-state index contributed by atoms with van der Waals surface area (Å²) in [5.74, 6) is -1.04. The number of benzene rings is 2. The number of hydrogen-bond donors (Lipinski definition) is 3. The molecule has 4 rings (SSSR count). The minimum Gasteiger partial charge on any atom is -0.508 e. The number of nitrogens with zero attached hydrogens (tertiary/aromatic N) is 1. The topological polar surface area (TPSA) is 99.1 Å². The highest BCUT2D eigenvalue weighted by molar-refractivity contribution is 5.90. The molecule has 7 heteroatoms. The smallest absolute Gasteiger partial charge is 0.346 e. The zero-order valence-electron chi connectivity index (χ0n) is 15.1. The summed E-state index contributed by atoms with van der Waals surface area (Å²) in [6.07, 6.45) is 1.80. The number of aromatic hydroxyl groups is 1. The van der Waals surface area contributed by atoms with Crippen molar-refractivity contribution in [3.8, 4) is 5.75 Å². The molecule has 0 bridgehead atoms. The maximum absolute atomic E-state index is 12.8. The first-order valence-electron chi connectivity index (χ1n) is 9.07. The monoisotopic (exact) mass is 380 g/mol. The van der Waals surface area contributed by atoms with Crippen LogP contribution in [-0.4, -0.2) is 39.9 Å². The van der Waals surface area contributed by atoms with Crippen LogP contribution in [0, 0.1) is 0 Å². The molecule has 7 nitrogen and oxygen atoms in total. The molecule has 0 aromatic heterocycles. The van der Waals surface area contributed by atoms with Gasteiger partial charge in [-0.25, -0.2) is 9.59 Å². The summed E-state index contributed by atoms with van der Waals surface area (Å²) in [4.78, 5) is 30.1. The maximum atomic E-state index is 12.8. The van der Waals surface area contributed by atoms with E-state index >= 15 is 0 Å². The van der Waals surface area contributed by atoms with E-state index < -0.39 is 18.0 Å². The molecule has 2 aromatic carbocycles. The second kappa shape index (κ2) is 7.36. The van der Waals surface area contributed by atoms with Gasteiger partial charge in [-0.3, -0.25) is 4.84 Å². The molecule has 1 heterocycles. The van der Waals surface area contributed by atoms with Crippen LogP contribution >= 0.6 is 0 Å². The number of rotatable bonds is 4. The number of phenolic OH excluding ortho intramolecular Hbond substituents is 1. The van der Waals surface area contributed by atoms with Gasteiger partial charge in [0, 0.05) is 12.0 Å². The number of aryl methyl sites for hydroxylation is 1. The molecule has 2 aliphatic rings. The summed E-state index contributed by atoms with van der Waals surface area (Å²) >= 11 is 0. The number of fused-ring (bicyclic) bond motifs is 2. The third-order valence-corrected chi connectivity index (χ3v) is 5.03. The average molecular weight is 380 g/mol. The highest BCUT2D eigenvalue weighted by Gasteiger charge is 2.35. The Morgan fingerprint density at radius 3 is 2.61 bits per heavy atom. The minimum atomic E-state index is -1.14. The second-order valence-corrected chi connectivity index (χ2v) is 6.89. The third-order valence-electron chi connectivity index (χ3n) is 5.03. The van der Waals surface area contributed by atoms with Gasteiger partial charge < -0.3 is 15.5 Å². The van der Waals surface area contributed by atoms with Crippen molar-refractivity contribution in [3.63, 3.8) is 0 Å². The van der Waals surface area contributed by atoms with Crippen molar-refractivity contribution in [1.29, 1.82) is 0 Å². The summed E-state index contributed by atoms with van der Waals surface area (Å²) in [6.45, 7) is 0.326. The van der Waals surface area contributed by atoms with Crippen LogP contribution in [0.2, 0.25) is 0 Å². The molecule has 1 atom stereocenters. The summed E-state index contributed by atoms with van der Waals surface area (Å²) in [5, 5.41) is 22.6. The number of carboxylic acids is 1. The van der Waals surface area contributed by atoms with Crippen molar-refractivity contribution in [2.75, 3.05) is 6.61 Å². The number of carboxylic acid groups (broad SMARTS) is 1. The number of hydrogen-bond acceptors (Lipinski definition) is 4. The Hall–Kier alpha value is -3.32. The van der Waals surface area contributed by atoms with Crippen LogP contribution in [0.25, 0.3) is 5.70 Å². The molecule has 2 amide bonds. The van der Waals surface area contributed by atoms with Crippen LogP contribution in [0.3, 0.4) is 0 Å². The Morgan fingerprint density at radius 1 is 1.11 bits per heavy atom. The van der Waals surface area contributed by atoms with Crippen molar-refractivity contribution in [3.05, 3.63) is 70.8 Å². The lowest BCUT2D eigenvalue weighted by Gasteiger charge is -2.25. The van der Waals surface area contributed by atoms with Gasteiger partial charge in [0.05, 0.1) is 12.3 Å². The van der Waals surface area contributed by atoms with Gasteiger partial charge in [-0.1, -0.05) is 36.4 Å². The Balaban J connectivity index is 1.53. The van der Waals surface area contributed by atoms with E-state index in [9.17, 15) is 19.8 Å². The summed E-state index contributed by atoms with van der Waals surface area (Å²) in [6, 6.07) is 12.3. The van der Waals surface area contributed by atoms with Gasteiger partial charge in [0.15, 0.2) is 0 Å². The quantitative estimate of drug-likeness (QED) is 0.757. The normalized spacial score (nSPS) is 16.4. The number of phenols is 1. The predicted molar refractivity (Wildman–Crippen MR) is 101 cm³/mol. The fourth-order valence-corrected chi connectivity index (χ4v) is 3.60. The largest absolute Gasteiger partial charge is 0.508 e. The first-order valence-corrected chi connectivity index (χ1v) is 9.07. The molecule has 0 saturated heterocycles. The van der Waals surface area contributed by atoms with Crippen LogP contribution in [0.5, 0.6) is 5.75 Å². The number of carbonyl (C=O) groups excluding carboxylic acids is 1. The molecular formula is C21H20N2O5. The molecular weight excluding hydrogens is 360 g/mol. The van der Waals surface area contributed by atoms with Gasteiger partial charge >= 0.3 is 12.0 Å². The number of hydroxylamine groups is 2. The summed E-state index contributed by atoms with van der Waals surface area (Å²) in [7, 11) is 0. The van der Waals surface area contributed by atoms with Crippen LogP contribution in [0.15, 0.2) is 54.1 Å². The third kappa shape index (κ3) is 3.44. The number of urea groups is 1. The fourth-order valence-electron chi connectivity index (χ4n) is 3.60. The maximum Gasteiger partial charge on any atom is 0.346 e. The Bertz CT molecular complexity index is 952. The molecule has 0 radical (unpaired) electrons. The van der Waals surface area contributed by atoms with Gasteiger partial charge in [0.1, 0.15) is 11.8 Å². The standard InChI is InChI=1S/C21H20N2O5/c24-16-9-5-13(6-10-16)11-18(20(25)26)22-21(27)23-19-15(12-28-23)8-7-14-3-1-2-4-17(14)19/h1-6,9-10,18,24H,7-8,11-12H2,(H,22,27)(H,25,26)/t18-/m0/s1. The number of amides is 2. The minimum absolute atomic E-state index is 0.0949. The van der Waals surface area contributed by atoms with E-state index in [1.54, 1.807) is 12.1 Å². The van der Waals surface area contributed by atoms with Crippen molar-refractivity contribution in [2.24, 2.45) is 0 Å². The second-order valence-electron chi connectivity index (χ2n) is 6.89. The Labute approximate surface area is 161 Å². The molecule has 28 heavy (non-hydrogen) atoms. The molecule has 3 N–H and O–H groups in total. The molecule has 144 valence electrons. The van der Waals surface area contributed by atoms with Gasteiger partial charge in [-0.05, 0) is 41.7 Å². The van der Waals surface area contributed by atoms with E-state index in [4.69, 9.17) is 4.84 Å². The zero-order chi connectivity index (χ0) is 19.7. The van der Waals surface area contributed by atoms with E-state index in [-0.39, 0.29) is 12.2 Å². The van der Waals surface area contributed by atoms with Gasteiger partial charge in [-0.2, -0.15) is 5.06 Å². The SMILES string of the molecule is O=C(O)[C@H](Cc1ccc(O)cc1)NC(=O)N1OCC2=C1c1ccccc1CC2.